The summed E-state index contributed by atoms with van der Waals surface area (Å²) in [6.45, 7) is 6.86. The van der Waals surface area contributed by atoms with Gasteiger partial charge in [-0.3, -0.25) is 10.00 Å². The van der Waals surface area contributed by atoms with Crippen molar-refractivity contribution in [2.75, 3.05) is 11.9 Å². The first-order valence-electron chi connectivity index (χ1n) is 7.59. The molecule has 7 heteroatoms. The van der Waals surface area contributed by atoms with Crippen LogP contribution in [0.2, 0.25) is 0 Å². The molecule has 1 N–H and O–H groups in total. The van der Waals surface area contributed by atoms with Crippen molar-refractivity contribution in [3.63, 3.8) is 0 Å². The van der Waals surface area contributed by atoms with Crippen LogP contribution in [-0.2, 0) is 0 Å². The Labute approximate surface area is 134 Å². The van der Waals surface area contributed by atoms with Crippen molar-refractivity contribution in [1.82, 2.24) is 19.7 Å². The number of hydrogen-bond donors (Lipinski definition) is 1. The van der Waals surface area contributed by atoms with Gasteiger partial charge in [0.1, 0.15) is 0 Å². The van der Waals surface area contributed by atoms with E-state index in [2.05, 4.69) is 34.6 Å². The summed E-state index contributed by atoms with van der Waals surface area (Å²) in [5.41, 5.74) is 1.00. The summed E-state index contributed by atoms with van der Waals surface area (Å²) in [4.78, 5) is 18.9. The van der Waals surface area contributed by atoms with Crippen LogP contribution in [0, 0.1) is 6.92 Å². The largest absolute Gasteiger partial charge is 0.323 e. The van der Waals surface area contributed by atoms with Crippen molar-refractivity contribution >= 4 is 23.2 Å². The van der Waals surface area contributed by atoms with Crippen LogP contribution in [0.3, 0.4) is 0 Å². The second-order valence-electron chi connectivity index (χ2n) is 5.85. The average Bonchev–Trinajstić information content (AvgIpc) is 3.16. The van der Waals surface area contributed by atoms with Crippen LogP contribution in [0.1, 0.15) is 49.5 Å². The van der Waals surface area contributed by atoms with Crippen LogP contribution in [0.25, 0.3) is 0 Å². The van der Waals surface area contributed by atoms with E-state index in [0.29, 0.717) is 5.82 Å². The van der Waals surface area contributed by atoms with Crippen molar-refractivity contribution in [2.24, 2.45) is 0 Å². The fourth-order valence-corrected chi connectivity index (χ4v) is 3.38. The first kappa shape index (κ1) is 15.0. The number of thiazole rings is 1. The standard InChI is InChI=1S/C15H21N5OS/c1-10(2)20-8-6-14(18-20)17-15(21)19-7-4-5-13(19)12-9-22-11(3)16-12/h6,8-10,13H,4-5,7H2,1-3H3,(H,17,18,21)/t13-/m0/s1. The molecule has 3 heterocycles. The molecule has 1 aliphatic rings. The van der Waals surface area contributed by atoms with Gasteiger partial charge in [-0.25, -0.2) is 9.78 Å². The van der Waals surface area contributed by atoms with E-state index >= 15 is 0 Å². The van der Waals surface area contributed by atoms with E-state index in [0.717, 1.165) is 30.1 Å². The second kappa shape index (κ2) is 6.08. The zero-order valence-electron chi connectivity index (χ0n) is 13.1. The van der Waals surface area contributed by atoms with Crippen molar-refractivity contribution in [1.29, 1.82) is 0 Å². The number of hydrogen-bond acceptors (Lipinski definition) is 4. The number of aromatic nitrogens is 3. The first-order valence-corrected chi connectivity index (χ1v) is 8.47. The van der Waals surface area contributed by atoms with E-state index in [-0.39, 0.29) is 18.1 Å². The Kier molecular flexibility index (Phi) is 4.15. The molecule has 0 unspecified atom stereocenters. The zero-order chi connectivity index (χ0) is 15.7. The van der Waals surface area contributed by atoms with Crippen molar-refractivity contribution in [3.8, 4) is 0 Å². The summed E-state index contributed by atoms with van der Waals surface area (Å²) >= 11 is 1.63. The minimum atomic E-state index is -0.0952. The second-order valence-corrected chi connectivity index (χ2v) is 6.91. The predicted octanol–water partition coefficient (Wildman–Crippen LogP) is 3.60. The summed E-state index contributed by atoms with van der Waals surface area (Å²) in [6, 6.07) is 2.10. The molecule has 0 saturated carbocycles. The van der Waals surface area contributed by atoms with Gasteiger partial charge in [-0.2, -0.15) is 5.10 Å². The Morgan fingerprint density at radius 1 is 1.50 bits per heavy atom. The van der Waals surface area contributed by atoms with E-state index in [1.54, 1.807) is 11.3 Å². The average molecular weight is 319 g/mol. The molecule has 1 atom stereocenters. The molecule has 2 aromatic heterocycles. The van der Waals surface area contributed by atoms with E-state index in [1.165, 1.54) is 0 Å². The molecule has 1 fully saturated rings. The molecule has 1 aliphatic heterocycles. The van der Waals surface area contributed by atoms with Crippen LogP contribution < -0.4 is 5.32 Å². The highest BCUT2D eigenvalue weighted by Gasteiger charge is 2.31. The third-order valence-electron chi connectivity index (χ3n) is 3.86. The summed E-state index contributed by atoms with van der Waals surface area (Å²) < 4.78 is 1.83. The fourth-order valence-electron chi connectivity index (χ4n) is 2.72. The maximum absolute atomic E-state index is 12.5. The number of carbonyl (C=O) groups is 1. The minimum Gasteiger partial charge on any atom is -0.316 e. The van der Waals surface area contributed by atoms with Gasteiger partial charge in [0.15, 0.2) is 5.82 Å². The number of nitrogens with one attached hydrogen (secondary N) is 1. The van der Waals surface area contributed by atoms with Crippen molar-refractivity contribution < 1.29 is 4.79 Å². The molecule has 3 rings (SSSR count). The molecule has 6 nitrogen and oxygen atoms in total. The smallest absolute Gasteiger partial charge is 0.316 e. The molecule has 1 saturated heterocycles. The Morgan fingerprint density at radius 2 is 2.32 bits per heavy atom. The predicted molar refractivity (Wildman–Crippen MR) is 87.2 cm³/mol. The Hall–Kier alpha value is -1.89. The van der Waals surface area contributed by atoms with Crippen LogP contribution in [0.5, 0.6) is 0 Å². The van der Waals surface area contributed by atoms with Gasteiger partial charge in [0.25, 0.3) is 0 Å². The third kappa shape index (κ3) is 2.99. The molecule has 0 radical (unpaired) electrons. The highest BCUT2D eigenvalue weighted by Crippen LogP contribution is 2.32. The van der Waals surface area contributed by atoms with Gasteiger partial charge in [0, 0.05) is 30.2 Å². The van der Waals surface area contributed by atoms with Gasteiger partial charge in [-0.05, 0) is 33.6 Å². The molecule has 0 aromatic carbocycles. The maximum Gasteiger partial charge on any atom is 0.323 e. The molecule has 0 spiro atoms. The van der Waals surface area contributed by atoms with Gasteiger partial charge >= 0.3 is 6.03 Å². The molecule has 0 aliphatic carbocycles. The van der Waals surface area contributed by atoms with Gasteiger partial charge in [-0.15, -0.1) is 11.3 Å². The normalized spacial score (nSPS) is 18.2. The molecular weight excluding hydrogens is 298 g/mol. The maximum atomic E-state index is 12.5. The molecular formula is C15H21N5OS. The first-order chi connectivity index (χ1) is 10.5. The monoisotopic (exact) mass is 319 g/mol. The van der Waals surface area contributed by atoms with Gasteiger partial charge < -0.3 is 4.90 Å². The number of urea groups is 1. The number of carbonyl (C=O) groups excluding carboxylic acids is 1. The molecule has 2 aromatic rings. The Bertz CT molecular complexity index is 662. The van der Waals surface area contributed by atoms with E-state index < -0.39 is 0 Å². The third-order valence-corrected chi connectivity index (χ3v) is 4.66. The highest BCUT2D eigenvalue weighted by atomic mass is 32.1. The molecule has 0 bridgehead atoms. The number of aryl methyl sites for hydroxylation is 1. The number of amides is 2. The van der Waals surface area contributed by atoms with Gasteiger partial charge in [0.05, 0.1) is 16.7 Å². The van der Waals surface area contributed by atoms with Crippen molar-refractivity contribution in [3.05, 3.63) is 28.3 Å². The SMILES string of the molecule is Cc1nc([C@@H]2CCCN2C(=O)Nc2ccn(C(C)C)n2)cs1. The summed E-state index contributed by atoms with van der Waals surface area (Å²) in [5.74, 6) is 0.596. The lowest BCUT2D eigenvalue weighted by atomic mass is 10.2. The lowest BCUT2D eigenvalue weighted by molar-refractivity contribution is 0.206. The quantitative estimate of drug-likeness (QED) is 0.940. The van der Waals surface area contributed by atoms with Gasteiger partial charge in [0.2, 0.25) is 0 Å². The topological polar surface area (TPSA) is 63.1 Å². The Morgan fingerprint density at radius 3 is 2.95 bits per heavy atom. The number of rotatable bonds is 3. The number of likely N-dealkylation sites (tertiary alicyclic amines) is 1. The van der Waals surface area contributed by atoms with E-state index in [1.807, 2.05) is 28.8 Å². The fraction of sp³-hybridized carbons (Fsp3) is 0.533. The van der Waals surface area contributed by atoms with Crippen LogP contribution in [-0.4, -0.2) is 32.2 Å². The summed E-state index contributed by atoms with van der Waals surface area (Å²) in [5, 5.41) is 10.4. The zero-order valence-corrected chi connectivity index (χ0v) is 13.9. The Balaban J connectivity index is 1.70. The van der Waals surface area contributed by atoms with Crippen molar-refractivity contribution in [2.45, 2.75) is 45.7 Å². The summed E-state index contributed by atoms with van der Waals surface area (Å²) in [7, 11) is 0. The lowest BCUT2D eigenvalue weighted by Gasteiger charge is -2.23. The van der Waals surface area contributed by atoms with Crippen LogP contribution in [0.4, 0.5) is 10.6 Å². The van der Waals surface area contributed by atoms with Crippen LogP contribution in [0.15, 0.2) is 17.6 Å². The number of nitrogens with zero attached hydrogens (tertiary/aromatic N) is 4. The molecule has 118 valence electrons. The highest BCUT2D eigenvalue weighted by molar-refractivity contribution is 7.09. The minimum absolute atomic E-state index is 0.0807. The summed E-state index contributed by atoms with van der Waals surface area (Å²) in [6.07, 6.45) is 3.86. The van der Waals surface area contributed by atoms with Gasteiger partial charge in [-0.1, -0.05) is 0 Å². The van der Waals surface area contributed by atoms with E-state index in [4.69, 9.17) is 0 Å². The molecule has 22 heavy (non-hydrogen) atoms. The lowest BCUT2D eigenvalue weighted by Crippen LogP contribution is -2.34. The van der Waals surface area contributed by atoms with E-state index in [9.17, 15) is 4.79 Å². The number of anilines is 1. The van der Waals surface area contributed by atoms with Crippen LogP contribution >= 0.6 is 11.3 Å². The molecule has 2 amide bonds.